The zero-order valence-corrected chi connectivity index (χ0v) is 17.3. The Labute approximate surface area is 176 Å². The van der Waals surface area contributed by atoms with Crippen LogP contribution < -0.4 is 4.74 Å². The summed E-state index contributed by atoms with van der Waals surface area (Å²) in [5.41, 5.74) is -2.23. The lowest BCUT2D eigenvalue weighted by Crippen LogP contribution is -2.46. The van der Waals surface area contributed by atoms with Crippen LogP contribution in [0.2, 0.25) is 0 Å². The summed E-state index contributed by atoms with van der Waals surface area (Å²) in [7, 11) is 0. The van der Waals surface area contributed by atoms with E-state index in [9.17, 15) is 23.8 Å². The van der Waals surface area contributed by atoms with Gasteiger partial charge >= 0.3 is 5.97 Å². The summed E-state index contributed by atoms with van der Waals surface area (Å²) in [4.78, 5) is 12.8. The predicted octanol–water partition coefficient (Wildman–Crippen LogP) is 4.05. The molecule has 2 N–H and O–H groups in total. The largest absolute Gasteiger partial charge is 0.493 e. The summed E-state index contributed by atoms with van der Waals surface area (Å²) in [5, 5.41) is 19.5. The molecule has 0 aromatic heterocycles. The van der Waals surface area contributed by atoms with Gasteiger partial charge in [0.05, 0.1) is 18.8 Å². The topological polar surface area (TPSA) is 76.0 Å². The van der Waals surface area contributed by atoms with Gasteiger partial charge in [0.1, 0.15) is 17.3 Å². The van der Waals surface area contributed by atoms with Crippen molar-refractivity contribution in [1.82, 2.24) is 0 Å². The van der Waals surface area contributed by atoms with E-state index in [1.54, 1.807) is 19.1 Å². The molecule has 4 unspecified atom stereocenters. The molecule has 166 valence electrons. The quantitative estimate of drug-likeness (QED) is 0.337. The summed E-state index contributed by atoms with van der Waals surface area (Å²) in [5.74, 6) is -3.87. The summed E-state index contributed by atoms with van der Waals surface area (Å²) in [6.07, 6.45) is 2.31. The Balaban J connectivity index is 2.09. The minimum absolute atomic E-state index is 0.0258. The Morgan fingerprint density at radius 3 is 2.50 bits per heavy atom. The molecule has 0 bridgehead atoms. The van der Waals surface area contributed by atoms with Crippen LogP contribution in [-0.4, -0.2) is 47.0 Å². The number of para-hydroxylation sites is 1. The number of ether oxygens (including phenoxy) is 2. The maximum Gasteiger partial charge on any atom is 0.322 e. The molecule has 5 nitrogen and oxygen atoms in total. The molecule has 0 aliphatic heterocycles. The first-order chi connectivity index (χ1) is 14.2. The number of halogens is 2. The normalized spacial score (nSPS) is 24.3. The molecule has 1 aromatic rings. The molecule has 1 aliphatic rings. The van der Waals surface area contributed by atoms with Crippen LogP contribution in [0.15, 0.2) is 54.6 Å². The SMILES string of the molecule is CC=CCC(F)(F)C(C)(C=CCCOc1ccccc1)C(=O)OC1CC(O)CC1O. The highest BCUT2D eigenvalue weighted by Gasteiger charge is 2.55. The lowest BCUT2D eigenvalue weighted by atomic mass is 9.80. The van der Waals surface area contributed by atoms with Crippen molar-refractivity contribution in [2.24, 2.45) is 5.41 Å². The Kier molecular flexibility index (Phi) is 8.55. The molecule has 30 heavy (non-hydrogen) atoms. The zero-order chi connectivity index (χ0) is 22.2. The highest BCUT2D eigenvalue weighted by atomic mass is 19.3. The van der Waals surface area contributed by atoms with Crippen molar-refractivity contribution in [3.05, 3.63) is 54.6 Å². The van der Waals surface area contributed by atoms with Crippen molar-refractivity contribution in [1.29, 1.82) is 0 Å². The fourth-order valence-corrected chi connectivity index (χ4v) is 3.24. The van der Waals surface area contributed by atoms with E-state index in [2.05, 4.69) is 0 Å². The van der Waals surface area contributed by atoms with E-state index >= 15 is 0 Å². The number of rotatable bonds is 10. The number of esters is 1. The van der Waals surface area contributed by atoms with Gasteiger partial charge in [-0.15, -0.1) is 0 Å². The van der Waals surface area contributed by atoms with Crippen LogP contribution in [0.5, 0.6) is 5.75 Å². The van der Waals surface area contributed by atoms with Crippen molar-refractivity contribution in [3.8, 4) is 5.75 Å². The molecule has 1 aliphatic carbocycles. The molecular formula is C23H30F2O5. The molecule has 1 fully saturated rings. The third-order valence-corrected chi connectivity index (χ3v) is 5.25. The van der Waals surface area contributed by atoms with Gasteiger partial charge in [0, 0.05) is 19.3 Å². The first-order valence-electron chi connectivity index (χ1n) is 10.1. The highest BCUT2D eigenvalue weighted by Crippen LogP contribution is 2.43. The van der Waals surface area contributed by atoms with E-state index in [4.69, 9.17) is 9.47 Å². The molecule has 1 aromatic carbocycles. The lowest BCUT2D eigenvalue weighted by molar-refractivity contribution is -0.182. The summed E-state index contributed by atoms with van der Waals surface area (Å²) < 4.78 is 40.7. The Morgan fingerprint density at radius 1 is 1.20 bits per heavy atom. The minimum atomic E-state index is -3.41. The maximum absolute atomic E-state index is 15.0. The van der Waals surface area contributed by atoms with E-state index in [0.717, 1.165) is 13.0 Å². The summed E-state index contributed by atoms with van der Waals surface area (Å²) in [6.45, 7) is 3.02. The first kappa shape index (κ1) is 24.0. The predicted molar refractivity (Wildman–Crippen MR) is 109 cm³/mol. The van der Waals surface area contributed by atoms with Gasteiger partial charge in [-0.3, -0.25) is 4.79 Å². The number of hydrogen-bond donors (Lipinski definition) is 2. The second-order valence-corrected chi connectivity index (χ2v) is 7.67. The van der Waals surface area contributed by atoms with Crippen LogP contribution in [0.3, 0.4) is 0 Å². The number of carbonyl (C=O) groups excluding carboxylic acids is 1. The molecule has 7 heteroatoms. The molecule has 0 spiro atoms. The molecule has 4 atom stereocenters. The van der Waals surface area contributed by atoms with Crippen LogP contribution in [0.25, 0.3) is 0 Å². The van der Waals surface area contributed by atoms with Crippen LogP contribution in [0.4, 0.5) is 8.78 Å². The molecule has 0 heterocycles. The first-order valence-corrected chi connectivity index (χ1v) is 10.1. The van der Waals surface area contributed by atoms with Gasteiger partial charge in [0.2, 0.25) is 0 Å². The lowest BCUT2D eigenvalue weighted by Gasteiger charge is -2.33. The Hall–Kier alpha value is -2.25. The smallest absolute Gasteiger partial charge is 0.322 e. The maximum atomic E-state index is 15.0. The molecule has 0 saturated heterocycles. The fourth-order valence-electron chi connectivity index (χ4n) is 3.24. The second-order valence-electron chi connectivity index (χ2n) is 7.67. The van der Waals surface area contributed by atoms with Crippen molar-refractivity contribution in [3.63, 3.8) is 0 Å². The second kappa shape index (κ2) is 10.7. The van der Waals surface area contributed by atoms with E-state index < -0.39 is 42.0 Å². The molecule has 1 saturated carbocycles. The number of carbonyl (C=O) groups is 1. The van der Waals surface area contributed by atoms with Gasteiger partial charge in [0.15, 0.2) is 0 Å². The number of benzene rings is 1. The van der Waals surface area contributed by atoms with Gasteiger partial charge in [0.25, 0.3) is 5.92 Å². The van der Waals surface area contributed by atoms with E-state index in [1.165, 1.54) is 18.2 Å². The van der Waals surface area contributed by atoms with E-state index in [1.807, 2.05) is 18.2 Å². The third-order valence-electron chi connectivity index (χ3n) is 5.25. The van der Waals surface area contributed by atoms with Gasteiger partial charge in [-0.25, -0.2) is 8.78 Å². The standard InChI is InChI=1S/C23H30F2O5/c1-3-4-13-23(24,25)22(2,21(28)30-20-16-17(26)15-19(20)27)12-8-9-14-29-18-10-6-5-7-11-18/h3-8,10-12,17,19-20,26-27H,9,13-16H2,1-2H3. The molecule has 0 amide bonds. The number of alkyl halides is 2. The minimum Gasteiger partial charge on any atom is -0.493 e. The Bertz CT molecular complexity index is 734. The molecule has 2 rings (SSSR count). The third kappa shape index (κ3) is 6.12. The number of aliphatic hydroxyl groups is 2. The van der Waals surface area contributed by atoms with Gasteiger partial charge in [-0.2, -0.15) is 0 Å². The fraction of sp³-hybridized carbons (Fsp3) is 0.522. The summed E-state index contributed by atoms with van der Waals surface area (Å²) >= 11 is 0. The van der Waals surface area contributed by atoms with Crippen molar-refractivity contribution < 1.29 is 33.3 Å². The van der Waals surface area contributed by atoms with Gasteiger partial charge < -0.3 is 19.7 Å². The van der Waals surface area contributed by atoms with E-state index in [-0.39, 0.29) is 19.4 Å². The van der Waals surface area contributed by atoms with Crippen molar-refractivity contribution >= 4 is 5.97 Å². The monoisotopic (exact) mass is 424 g/mol. The van der Waals surface area contributed by atoms with Crippen molar-refractivity contribution in [2.45, 2.75) is 63.8 Å². The van der Waals surface area contributed by atoms with Gasteiger partial charge in [-0.05, 0) is 32.4 Å². The Morgan fingerprint density at radius 2 is 1.90 bits per heavy atom. The van der Waals surface area contributed by atoms with Gasteiger partial charge in [-0.1, -0.05) is 42.5 Å². The zero-order valence-electron chi connectivity index (χ0n) is 17.3. The van der Waals surface area contributed by atoms with Crippen molar-refractivity contribution in [2.75, 3.05) is 6.61 Å². The van der Waals surface area contributed by atoms with E-state index in [0.29, 0.717) is 12.2 Å². The number of aliphatic hydroxyl groups excluding tert-OH is 2. The average molecular weight is 424 g/mol. The number of allylic oxidation sites excluding steroid dienone is 2. The van der Waals surface area contributed by atoms with Crippen LogP contribution >= 0.6 is 0 Å². The number of hydrogen-bond acceptors (Lipinski definition) is 5. The highest BCUT2D eigenvalue weighted by molar-refractivity contribution is 5.80. The average Bonchev–Trinajstić information content (AvgIpc) is 3.03. The summed E-state index contributed by atoms with van der Waals surface area (Å²) in [6, 6.07) is 9.09. The molecular weight excluding hydrogens is 394 g/mol. The molecule has 0 radical (unpaired) electrons. The van der Waals surface area contributed by atoms with Crippen LogP contribution in [0.1, 0.15) is 39.5 Å². The van der Waals surface area contributed by atoms with Crippen LogP contribution in [-0.2, 0) is 9.53 Å². The van der Waals surface area contributed by atoms with Crippen LogP contribution in [0, 0.1) is 5.41 Å².